The summed E-state index contributed by atoms with van der Waals surface area (Å²) in [5.41, 5.74) is 11.4. The molecule has 6 aromatic carbocycles. The van der Waals surface area contributed by atoms with Crippen molar-refractivity contribution in [1.29, 1.82) is 0 Å². The van der Waals surface area contributed by atoms with Crippen molar-refractivity contribution in [2.24, 2.45) is 0 Å². The molecule has 0 heterocycles. The first-order chi connectivity index (χ1) is 18.6. The van der Waals surface area contributed by atoms with Crippen molar-refractivity contribution in [1.82, 2.24) is 0 Å². The Kier molecular flexibility index (Phi) is 5.19. The fourth-order valence-corrected chi connectivity index (χ4v) is 6.14. The zero-order chi connectivity index (χ0) is 25.7. The maximum Gasteiger partial charge on any atom is 0.0621 e. The molecule has 0 spiro atoms. The highest BCUT2D eigenvalue weighted by molar-refractivity contribution is 6.09. The summed E-state index contributed by atoms with van der Waals surface area (Å²) in [6, 6.07) is 50.5. The zero-order valence-electron chi connectivity index (χ0n) is 21.7. The van der Waals surface area contributed by atoms with E-state index in [0.29, 0.717) is 0 Å². The van der Waals surface area contributed by atoms with Crippen LogP contribution in [0.1, 0.15) is 25.0 Å². The summed E-state index contributed by atoms with van der Waals surface area (Å²) in [4.78, 5) is 2.45. The normalized spacial score (nSPS) is 13.2. The van der Waals surface area contributed by atoms with E-state index in [9.17, 15) is 0 Å². The molecule has 38 heavy (non-hydrogen) atoms. The molecule has 0 bridgehead atoms. The van der Waals surface area contributed by atoms with E-state index in [4.69, 9.17) is 0 Å². The Morgan fingerprint density at radius 3 is 1.84 bits per heavy atom. The second-order valence-electron chi connectivity index (χ2n) is 10.6. The van der Waals surface area contributed by atoms with Crippen LogP contribution in [0.2, 0.25) is 0 Å². The lowest BCUT2D eigenvalue weighted by Crippen LogP contribution is -2.16. The van der Waals surface area contributed by atoms with E-state index in [2.05, 4.69) is 158 Å². The van der Waals surface area contributed by atoms with Crippen molar-refractivity contribution in [2.75, 3.05) is 4.90 Å². The van der Waals surface area contributed by atoms with E-state index in [1.54, 1.807) is 0 Å². The van der Waals surface area contributed by atoms with Crippen LogP contribution in [0.15, 0.2) is 140 Å². The minimum atomic E-state index is -0.0791. The number of rotatable bonds is 4. The van der Waals surface area contributed by atoms with Gasteiger partial charge in [0.1, 0.15) is 0 Å². The van der Waals surface area contributed by atoms with Gasteiger partial charge in [-0.1, -0.05) is 123 Å². The molecule has 0 amide bonds. The molecule has 0 fully saturated rings. The number of para-hydroxylation sites is 1. The fraction of sp³-hybridized carbons (Fsp3) is 0.0811. The number of nitrogens with zero attached hydrogens (tertiary/aromatic N) is 1. The Hall–Kier alpha value is -4.62. The van der Waals surface area contributed by atoms with Gasteiger partial charge in [0.25, 0.3) is 0 Å². The van der Waals surface area contributed by atoms with E-state index in [0.717, 1.165) is 11.4 Å². The van der Waals surface area contributed by atoms with Crippen molar-refractivity contribution < 1.29 is 0 Å². The molecule has 0 saturated carbocycles. The van der Waals surface area contributed by atoms with E-state index in [-0.39, 0.29) is 5.41 Å². The second kappa shape index (κ2) is 8.75. The fourth-order valence-electron chi connectivity index (χ4n) is 6.14. The molecule has 0 saturated heterocycles. The van der Waals surface area contributed by atoms with Crippen molar-refractivity contribution in [2.45, 2.75) is 19.3 Å². The average molecular weight is 488 g/mol. The number of anilines is 3. The highest BCUT2D eigenvalue weighted by atomic mass is 15.1. The maximum atomic E-state index is 2.45. The van der Waals surface area contributed by atoms with Crippen LogP contribution in [0.4, 0.5) is 17.1 Å². The summed E-state index contributed by atoms with van der Waals surface area (Å²) in [5, 5.41) is 2.53. The molecular formula is C37H29N. The summed E-state index contributed by atoms with van der Waals surface area (Å²) in [5.74, 6) is 0. The summed E-state index contributed by atoms with van der Waals surface area (Å²) >= 11 is 0. The third kappa shape index (κ3) is 3.47. The SMILES string of the molecule is CC1(C)c2ccccc2-c2c1cc1ccccc1c2N(c1ccccc1)c1ccc(-c2ccccc2)cc1. The molecule has 1 nitrogen and oxygen atoms in total. The van der Waals surface area contributed by atoms with Crippen molar-refractivity contribution in [3.63, 3.8) is 0 Å². The van der Waals surface area contributed by atoms with Crippen LogP contribution in [0, 0.1) is 0 Å². The molecule has 1 heteroatoms. The molecule has 0 atom stereocenters. The van der Waals surface area contributed by atoms with Crippen LogP contribution >= 0.6 is 0 Å². The Morgan fingerprint density at radius 2 is 1.08 bits per heavy atom. The Bertz CT molecular complexity index is 1760. The van der Waals surface area contributed by atoms with Gasteiger partial charge < -0.3 is 4.90 Å². The van der Waals surface area contributed by atoms with Crippen molar-refractivity contribution in [3.05, 3.63) is 151 Å². The summed E-state index contributed by atoms with van der Waals surface area (Å²) < 4.78 is 0. The van der Waals surface area contributed by atoms with Crippen LogP contribution in [-0.2, 0) is 5.41 Å². The van der Waals surface area contributed by atoms with Gasteiger partial charge >= 0.3 is 0 Å². The number of benzene rings is 6. The highest BCUT2D eigenvalue weighted by Crippen LogP contribution is 2.56. The van der Waals surface area contributed by atoms with Gasteiger partial charge in [-0.05, 0) is 63.5 Å². The molecule has 1 aliphatic carbocycles. The van der Waals surface area contributed by atoms with Gasteiger partial charge in [-0.3, -0.25) is 0 Å². The lowest BCUT2D eigenvalue weighted by Gasteiger charge is -2.30. The smallest absolute Gasteiger partial charge is 0.0621 e. The van der Waals surface area contributed by atoms with Crippen LogP contribution in [0.25, 0.3) is 33.0 Å². The zero-order valence-corrected chi connectivity index (χ0v) is 21.7. The van der Waals surface area contributed by atoms with Gasteiger partial charge in [0, 0.05) is 27.7 Å². The molecule has 0 N–H and O–H groups in total. The second-order valence-corrected chi connectivity index (χ2v) is 10.6. The molecule has 0 radical (unpaired) electrons. The Morgan fingerprint density at radius 1 is 0.500 bits per heavy atom. The van der Waals surface area contributed by atoms with E-state index in [1.807, 2.05) is 0 Å². The lowest BCUT2D eigenvalue weighted by atomic mass is 9.81. The monoisotopic (exact) mass is 487 g/mol. The first-order valence-corrected chi connectivity index (χ1v) is 13.3. The maximum absolute atomic E-state index is 2.45. The summed E-state index contributed by atoms with van der Waals surface area (Å²) in [7, 11) is 0. The Labute approximate surface area is 224 Å². The van der Waals surface area contributed by atoms with E-state index in [1.165, 1.54) is 49.8 Å². The number of fused-ring (bicyclic) bond motifs is 4. The van der Waals surface area contributed by atoms with Crippen LogP contribution in [-0.4, -0.2) is 0 Å². The third-order valence-corrected chi connectivity index (χ3v) is 8.04. The van der Waals surface area contributed by atoms with E-state index < -0.39 is 0 Å². The minimum Gasteiger partial charge on any atom is -0.309 e. The predicted octanol–water partition coefficient (Wildman–Crippen LogP) is 10.3. The molecule has 0 aliphatic heterocycles. The van der Waals surface area contributed by atoms with Gasteiger partial charge in [-0.25, -0.2) is 0 Å². The number of hydrogen-bond donors (Lipinski definition) is 0. The molecule has 0 aromatic heterocycles. The highest BCUT2D eigenvalue weighted by Gasteiger charge is 2.38. The Balaban J connectivity index is 1.54. The summed E-state index contributed by atoms with van der Waals surface area (Å²) in [6.45, 7) is 4.72. The molecule has 1 aliphatic rings. The molecule has 0 unspecified atom stereocenters. The molecule has 7 rings (SSSR count). The van der Waals surface area contributed by atoms with Gasteiger partial charge in [0.2, 0.25) is 0 Å². The predicted molar refractivity (Wildman–Crippen MR) is 162 cm³/mol. The van der Waals surface area contributed by atoms with Crippen molar-refractivity contribution in [3.8, 4) is 22.3 Å². The lowest BCUT2D eigenvalue weighted by molar-refractivity contribution is 0.661. The minimum absolute atomic E-state index is 0.0791. The molecular weight excluding hydrogens is 458 g/mol. The first-order valence-electron chi connectivity index (χ1n) is 13.3. The molecule has 6 aromatic rings. The van der Waals surface area contributed by atoms with Crippen molar-refractivity contribution >= 4 is 27.8 Å². The van der Waals surface area contributed by atoms with Gasteiger partial charge in [0.15, 0.2) is 0 Å². The summed E-state index contributed by atoms with van der Waals surface area (Å²) in [6.07, 6.45) is 0. The van der Waals surface area contributed by atoms with Crippen LogP contribution in [0.3, 0.4) is 0 Å². The third-order valence-electron chi connectivity index (χ3n) is 8.04. The van der Waals surface area contributed by atoms with Gasteiger partial charge in [-0.15, -0.1) is 0 Å². The largest absolute Gasteiger partial charge is 0.309 e. The average Bonchev–Trinajstić information content (AvgIpc) is 3.20. The topological polar surface area (TPSA) is 3.24 Å². The van der Waals surface area contributed by atoms with Gasteiger partial charge in [0.05, 0.1) is 5.69 Å². The first kappa shape index (κ1) is 22.6. The molecule has 182 valence electrons. The number of hydrogen-bond acceptors (Lipinski definition) is 1. The van der Waals surface area contributed by atoms with Gasteiger partial charge in [-0.2, -0.15) is 0 Å². The van der Waals surface area contributed by atoms with Crippen LogP contribution in [0.5, 0.6) is 0 Å². The van der Waals surface area contributed by atoms with Crippen LogP contribution < -0.4 is 4.90 Å². The quantitative estimate of drug-likeness (QED) is 0.239. The van der Waals surface area contributed by atoms with E-state index >= 15 is 0 Å². The standard InChI is InChI=1S/C37H29N/c1-37(2)33-20-12-11-19-32(33)35-34(37)25-28-15-9-10-18-31(28)36(35)38(29-16-7-4-8-17-29)30-23-21-27(22-24-30)26-13-5-3-6-14-26/h3-25H,1-2H3.